The van der Waals surface area contributed by atoms with E-state index >= 15 is 0 Å². The summed E-state index contributed by atoms with van der Waals surface area (Å²) in [4.78, 5) is 1.93. The van der Waals surface area contributed by atoms with Gasteiger partial charge in [-0.3, -0.25) is 0 Å². The van der Waals surface area contributed by atoms with Gasteiger partial charge >= 0.3 is 0 Å². The highest BCUT2D eigenvalue weighted by atomic mass is 32.1. The van der Waals surface area contributed by atoms with Crippen molar-refractivity contribution in [3.8, 4) is 10.4 Å². The minimum Gasteiger partial charge on any atom is -0.392 e. The van der Waals surface area contributed by atoms with Gasteiger partial charge in [0.15, 0.2) is 0 Å². The van der Waals surface area contributed by atoms with Crippen molar-refractivity contribution in [2.75, 3.05) is 6.61 Å². The molecule has 0 radical (unpaired) electrons. The number of halogens is 1. The molecule has 0 bridgehead atoms. The normalized spacial score (nSPS) is 11.8. The molecule has 1 nitrogen and oxygen atoms in total. The topological polar surface area (TPSA) is 20.2 Å². The van der Waals surface area contributed by atoms with Crippen LogP contribution in [0.4, 0.5) is 4.39 Å². The van der Waals surface area contributed by atoms with Gasteiger partial charge in [0, 0.05) is 15.3 Å². The fourth-order valence-corrected chi connectivity index (χ4v) is 2.59. The first-order chi connectivity index (χ1) is 8.20. The summed E-state index contributed by atoms with van der Waals surface area (Å²) in [5, 5.41) is 8.94. The first kappa shape index (κ1) is 12.0. The van der Waals surface area contributed by atoms with E-state index in [1.54, 1.807) is 12.1 Å². The van der Waals surface area contributed by atoms with Crippen LogP contribution in [0.15, 0.2) is 42.0 Å². The zero-order valence-electron chi connectivity index (χ0n) is 9.48. The van der Waals surface area contributed by atoms with Crippen LogP contribution in [0.3, 0.4) is 0 Å². The molecule has 2 aromatic rings. The highest BCUT2D eigenvalue weighted by molar-refractivity contribution is 7.16. The van der Waals surface area contributed by atoms with Crippen molar-refractivity contribution in [1.82, 2.24) is 0 Å². The van der Waals surface area contributed by atoms with Gasteiger partial charge in [-0.1, -0.05) is 18.2 Å². The van der Waals surface area contributed by atoms with E-state index in [0.717, 1.165) is 15.3 Å². The lowest BCUT2D eigenvalue weighted by atomic mass is 10.2. The summed E-state index contributed by atoms with van der Waals surface area (Å²) < 4.78 is 13.6. The van der Waals surface area contributed by atoms with E-state index < -0.39 is 0 Å². The highest BCUT2D eigenvalue weighted by Crippen LogP contribution is 2.30. The number of aliphatic hydroxyl groups excluding tert-OH is 1. The van der Waals surface area contributed by atoms with Gasteiger partial charge in [-0.2, -0.15) is 0 Å². The molecular weight excluding hydrogens is 235 g/mol. The molecule has 0 fully saturated rings. The molecule has 3 heteroatoms. The second-order valence-electron chi connectivity index (χ2n) is 3.83. The minimum atomic E-state index is -0.205. The van der Waals surface area contributed by atoms with Crippen molar-refractivity contribution in [2.24, 2.45) is 0 Å². The van der Waals surface area contributed by atoms with Crippen LogP contribution in [0.1, 0.15) is 11.8 Å². The average molecular weight is 248 g/mol. The van der Waals surface area contributed by atoms with Crippen molar-refractivity contribution >= 4 is 17.4 Å². The van der Waals surface area contributed by atoms with Crippen LogP contribution in [0, 0.1) is 5.82 Å². The Morgan fingerprint density at radius 3 is 2.76 bits per heavy atom. The number of hydrogen-bond donors (Lipinski definition) is 1. The first-order valence-electron chi connectivity index (χ1n) is 5.33. The van der Waals surface area contributed by atoms with Crippen LogP contribution < -0.4 is 0 Å². The van der Waals surface area contributed by atoms with E-state index in [9.17, 15) is 4.39 Å². The molecule has 0 atom stereocenters. The molecule has 1 heterocycles. The van der Waals surface area contributed by atoms with Gasteiger partial charge < -0.3 is 5.11 Å². The number of benzene rings is 1. The van der Waals surface area contributed by atoms with E-state index in [0.29, 0.717) is 5.56 Å². The van der Waals surface area contributed by atoms with Gasteiger partial charge in [-0.15, -0.1) is 11.3 Å². The Morgan fingerprint density at radius 1 is 1.29 bits per heavy atom. The number of rotatable bonds is 3. The monoisotopic (exact) mass is 248 g/mol. The number of thiophene rings is 1. The van der Waals surface area contributed by atoms with Crippen molar-refractivity contribution in [2.45, 2.75) is 6.92 Å². The lowest BCUT2D eigenvalue weighted by molar-refractivity contribution is 0.332. The second kappa shape index (κ2) is 5.25. The van der Waals surface area contributed by atoms with Gasteiger partial charge in [-0.25, -0.2) is 4.39 Å². The van der Waals surface area contributed by atoms with Crippen LogP contribution in [-0.2, 0) is 0 Å². The average Bonchev–Trinajstić information content (AvgIpc) is 2.78. The fourth-order valence-electron chi connectivity index (χ4n) is 1.52. The molecule has 0 saturated heterocycles. The van der Waals surface area contributed by atoms with Gasteiger partial charge in [-0.05, 0) is 36.8 Å². The van der Waals surface area contributed by atoms with Crippen molar-refractivity contribution in [3.63, 3.8) is 0 Å². The van der Waals surface area contributed by atoms with Gasteiger partial charge in [0.2, 0.25) is 0 Å². The quantitative estimate of drug-likeness (QED) is 0.872. The standard InChI is InChI=1S/C14H13FOS/c1-10(9-16)8-11-6-7-14(17-11)12-4-2-3-5-13(12)15/h2-8,16H,9H2,1H3. The second-order valence-corrected chi connectivity index (χ2v) is 4.95. The largest absolute Gasteiger partial charge is 0.392 e. The Labute approximate surface area is 104 Å². The van der Waals surface area contributed by atoms with Crippen LogP contribution in [0.2, 0.25) is 0 Å². The predicted molar refractivity (Wildman–Crippen MR) is 70.4 cm³/mol. The Bertz CT molecular complexity index is 543. The molecule has 0 amide bonds. The first-order valence-corrected chi connectivity index (χ1v) is 6.15. The van der Waals surface area contributed by atoms with Crippen LogP contribution >= 0.6 is 11.3 Å². The van der Waals surface area contributed by atoms with Crippen molar-refractivity contribution in [1.29, 1.82) is 0 Å². The van der Waals surface area contributed by atoms with Crippen molar-refractivity contribution < 1.29 is 9.50 Å². The third-order valence-electron chi connectivity index (χ3n) is 2.40. The summed E-state index contributed by atoms with van der Waals surface area (Å²) in [6.45, 7) is 1.91. The van der Waals surface area contributed by atoms with Crippen LogP contribution in [0.5, 0.6) is 0 Å². The summed E-state index contributed by atoms with van der Waals surface area (Å²) in [6.07, 6.45) is 1.91. The lowest BCUT2D eigenvalue weighted by Crippen LogP contribution is -1.81. The number of aliphatic hydroxyl groups is 1. The number of hydrogen-bond acceptors (Lipinski definition) is 2. The van der Waals surface area contributed by atoms with E-state index in [2.05, 4.69) is 0 Å². The summed E-state index contributed by atoms with van der Waals surface area (Å²) >= 11 is 1.52. The Morgan fingerprint density at radius 2 is 2.06 bits per heavy atom. The van der Waals surface area contributed by atoms with Gasteiger partial charge in [0.05, 0.1) is 6.61 Å². The third-order valence-corrected chi connectivity index (χ3v) is 3.47. The molecule has 0 aliphatic carbocycles. The Balaban J connectivity index is 2.34. The van der Waals surface area contributed by atoms with E-state index in [-0.39, 0.29) is 12.4 Å². The molecular formula is C14H13FOS. The smallest absolute Gasteiger partial charge is 0.131 e. The predicted octanol–water partition coefficient (Wildman–Crippen LogP) is 3.95. The zero-order valence-corrected chi connectivity index (χ0v) is 10.3. The summed E-state index contributed by atoms with van der Waals surface area (Å²) in [5.74, 6) is -0.205. The minimum absolute atomic E-state index is 0.0485. The molecule has 88 valence electrons. The molecule has 0 saturated carbocycles. The van der Waals surface area contributed by atoms with E-state index in [1.807, 2.05) is 31.2 Å². The summed E-state index contributed by atoms with van der Waals surface area (Å²) in [6, 6.07) is 10.6. The van der Waals surface area contributed by atoms with E-state index in [4.69, 9.17) is 5.11 Å². The molecule has 0 aliphatic heterocycles. The molecule has 17 heavy (non-hydrogen) atoms. The fraction of sp³-hybridized carbons (Fsp3) is 0.143. The SMILES string of the molecule is CC(=Cc1ccc(-c2ccccc2F)s1)CO. The Hall–Kier alpha value is -1.45. The zero-order chi connectivity index (χ0) is 12.3. The molecule has 0 aliphatic rings. The Kier molecular flexibility index (Phi) is 3.71. The lowest BCUT2D eigenvalue weighted by Gasteiger charge is -1.98. The summed E-state index contributed by atoms with van der Waals surface area (Å²) in [7, 11) is 0. The van der Waals surface area contributed by atoms with E-state index in [1.165, 1.54) is 17.4 Å². The molecule has 0 spiro atoms. The van der Waals surface area contributed by atoms with Crippen molar-refractivity contribution in [3.05, 3.63) is 52.7 Å². The third kappa shape index (κ3) is 2.81. The molecule has 1 N–H and O–H groups in total. The van der Waals surface area contributed by atoms with Crippen LogP contribution in [0.25, 0.3) is 16.5 Å². The molecule has 1 aromatic heterocycles. The maximum Gasteiger partial charge on any atom is 0.131 e. The highest BCUT2D eigenvalue weighted by Gasteiger charge is 2.06. The van der Waals surface area contributed by atoms with Crippen LogP contribution in [-0.4, -0.2) is 11.7 Å². The maximum absolute atomic E-state index is 13.6. The van der Waals surface area contributed by atoms with Gasteiger partial charge in [0.25, 0.3) is 0 Å². The summed E-state index contributed by atoms with van der Waals surface area (Å²) in [5.41, 5.74) is 1.52. The maximum atomic E-state index is 13.6. The van der Waals surface area contributed by atoms with Gasteiger partial charge in [0.1, 0.15) is 5.82 Å². The molecule has 2 rings (SSSR count). The molecule has 1 aromatic carbocycles. The molecule has 0 unspecified atom stereocenters.